The predicted octanol–water partition coefficient (Wildman–Crippen LogP) is 4.23. The first kappa shape index (κ1) is 14.5. The molecule has 0 saturated carbocycles. The summed E-state index contributed by atoms with van der Waals surface area (Å²) in [5.74, 6) is 0. The lowest BCUT2D eigenvalue weighted by molar-refractivity contribution is 0.109. The molecular formula is C15H18ClNOS. The van der Waals surface area contributed by atoms with E-state index in [1.54, 1.807) is 11.3 Å². The quantitative estimate of drug-likeness (QED) is 0.825. The van der Waals surface area contributed by atoms with Gasteiger partial charge in [0, 0.05) is 21.3 Å². The maximum atomic E-state index is 5.93. The molecule has 0 aliphatic heterocycles. The van der Waals surface area contributed by atoms with Crippen molar-refractivity contribution in [2.75, 3.05) is 6.54 Å². The molecule has 0 radical (unpaired) electrons. The molecule has 1 aromatic heterocycles. The summed E-state index contributed by atoms with van der Waals surface area (Å²) in [7, 11) is 0. The van der Waals surface area contributed by atoms with Gasteiger partial charge in [-0.25, -0.2) is 0 Å². The van der Waals surface area contributed by atoms with Gasteiger partial charge >= 0.3 is 0 Å². The largest absolute Gasteiger partial charge is 0.371 e. The zero-order chi connectivity index (χ0) is 13.5. The molecule has 4 heteroatoms. The molecule has 1 N–H and O–H groups in total. The summed E-state index contributed by atoms with van der Waals surface area (Å²) in [4.78, 5) is 2.61. The van der Waals surface area contributed by atoms with Crippen molar-refractivity contribution < 1.29 is 4.74 Å². The standard InChI is InChI=1S/C15H18ClNOS/c1-2-17-9-14-6-7-15(19-14)11-18-10-12-4-3-5-13(16)8-12/h3-8,17H,2,9-11H2,1H3. The van der Waals surface area contributed by atoms with Crippen molar-refractivity contribution >= 4 is 22.9 Å². The third-order valence-electron chi connectivity index (χ3n) is 2.67. The van der Waals surface area contributed by atoms with Gasteiger partial charge < -0.3 is 10.1 Å². The Hall–Kier alpha value is -0.870. The van der Waals surface area contributed by atoms with E-state index in [1.165, 1.54) is 9.75 Å². The Labute approximate surface area is 123 Å². The number of halogens is 1. The Morgan fingerprint density at radius 3 is 2.79 bits per heavy atom. The van der Waals surface area contributed by atoms with E-state index in [0.29, 0.717) is 13.2 Å². The van der Waals surface area contributed by atoms with E-state index in [2.05, 4.69) is 24.4 Å². The maximum absolute atomic E-state index is 5.93. The number of thiophene rings is 1. The third kappa shape index (κ3) is 4.96. The van der Waals surface area contributed by atoms with Gasteiger partial charge in [-0.15, -0.1) is 11.3 Å². The molecule has 1 aromatic carbocycles. The predicted molar refractivity (Wildman–Crippen MR) is 81.6 cm³/mol. The molecule has 19 heavy (non-hydrogen) atoms. The molecular weight excluding hydrogens is 278 g/mol. The number of nitrogens with one attached hydrogen (secondary N) is 1. The SMILES string of the molecule is CCNCc1ccc(COCc2cccc(Cl)c2)s1. The Morgan fingerprint density at radius 1 is 1.16 bits per heavy atom. The van der Waals surface area contributed by atoms with E-state index in [4.69, 9.17) is 16.3 Å². The highest BCUT2D eigenvalue weighted by Gasteiger charge is 2.01. The number of rotatable bonds is 7. The van der Waals surface area contributed by atoms with Crippen molar-refractivity contribution in [1.82, 2.24) is 5.32 Å². The smallest absolute Gasteiger partial charge is 0.0814 e. The topological polar surface area (TPSA) is 21.3 Å². The molecule has 0 unspecified atom stereocenters. The number of ether oxygens (including phenoxy) is 1. The lowest BCUT2D eigenvalue weighted by Gasteiger charge is -2.03. The molecule has 1 heterocycles. The Kier molecular flexibility index (Phi) is 5.86. The lowest BCUT2D eigenvalue weighted by Crippen LogP contribution is -2.10. The highest BCUT2D eigenvalue weighted by atomic mass is 35.5. The van der Waals surface area contributed by atoms with Crippen LogP contribution in [0.25, 0.3) is 0 Å². The minimum absolute atomic E-state index is 0.598. The fraction of sp³-hybridized carbons (Fsp3) is 0.333. The fourth-order valence-electron chi connectivity index (χ4n) is 1.74. The maximum Gasteiger partial charge on any atom is 0.0814 e. The number of benzene rings is 1. The summed E-state index contributed by atoms with van der Waals surface area (Å²) in [6.45, 7) is 5.31. The molecule has 2 nitrogen and oxygen atoms in total. The summed E-state index contributed by atoms with van der Waals surface area (Å²) in [6, 6.07) is 12.1. The zero-order valence-electron chi connectivity index (χ0n) is 11.0. The van der Waals surface area contributed by atoms with Crippen molar-refractivity contribution in [3.8, 4) is 0 Å². The van der Waals surface area contributed by atoms with Gasteiger partial charge in [0.2, 0.25) is 0 Å². The Balaban J connectivity index is 1.77. The van der Waals surface area contributed by atoms with E-state index >= 15 is 0 Å². The van der Waals surface area contributed by atoms with Crippen LogP contribution in [0.2, 0.25) is 5.02 Å². The van der Waals surface area contributed by atoms with Crippen LogP contribution in [0.3, 0.4) is 0 Å². The van der Waals surface area contributed by atoms with Crippen LogP contribution in [0.15, 0.2) is 36.4 Å². The van der Waals surface area contributed by atoms with Gasteiger partial charge in [-0.05, 0) is 36.4 Å². The minimum Gasteiger partial charge on any atom is -0.371 e. The van der Waals surface area contributed by atoms with Crippen LogP contribution in [0.4, 0.5) is 0 Å². The van der Waals surface area contributed by atoms with Gasteiger partial charge in [0.05, 0.1) is 13.2 Å². The number of hydrogen-bond acceptors (Lipinski definition) is 3. The zero-order valence-corrected chi connectivity index (χ0v) is 12.6. The average molecular weight is 296 g/mol. The van der Waals surface area contributed by atoms with Gasteiger partial charge in [-0.1, -0.05) is 30.7 Å². The highest BCUT2D eigenvalue weighted by Crippen LogP contribution is 2.18. The fourth-order valence-corrected chi connectivity index (χ4v) is 2.88. The summed E-state index contributed by atoms with van der Waals surface area (Å²) in [5.41, 5.74) is 1.11. The number of hydrogen-bond donors (Lipinski definition) is 1. The second kappa shape index (κ2) is 7.65. The van der Waals surface area contributed by atoms with Gasteiger partial charge in [0.25, 0.3) is 0 Å². The van der Waals surface area contributed by atoms with Crippen LogP contribution in [-0.4, -0.2) is 6.54 Å². The molecule has 0 atom stereocenters. The van der Waals surface area contributed by atoms with Crippen molar-refractivity contribution in [2.24, 2.45) is 0 Å². The second-order valence-electron chi connectivity index (χ2n) is 4.27. The first-order chi connectivity index (χ1) is 9.28. The monoisotopic (exact) mass is 295 g/mol. The van der Waals surface area contributed by atoms with Gasteiger partial charge in [-0.3, -0.25) is 0 Å². The van der Waals surface area contributed by atoms with E-state index < -0.39 is 0 Å². The van der Waals surface area contributed by atoms with E-state index in [0.717, 1.165) is 23.7 Å². The van der Waals surface area contributed by atoms with Crippen molar-refractivity contribution in [3.63, 3.8) is 0 Å². The summed E-state index contributed by atoms with van der Waals surface area (Å²) < 4.78 is 5.71. The van der Waals surface area contributed by atoms with Gasteiger partial charge in [0.1, 0.15) is 0 Å². The molecule has 0 spiro atoms. The molecule has 0 bridgehead atoms. The van der Waals surface area contributed by atoms with Crippen LogP contribution in [0, 0.1) is 0 Å². The summed E-state index contributed by atoms with van der Waals surface area (Å²) in [5, 5.41) is 4.08. The summed E-state index contributed by atoms with van der Waals surface area (Å²) in [6.07, 6.45) is 0. The lowest BCUT2D eigenvalue weighted by atomic mass is 10.2. The second-order valence-corrected chi connectivity index (χ2v) is 5.96. The normalized spacial score (nSPS) is 10.8. The Bertz CT molecular complexity index is 512. The van der Waals surface area contributed by atoms with E-state index in [1.807, 2.05) is 24.3 Å². The molecule has 0 aliphatic carbocycles. The van der Waals surface area contributed by atoms with Gasteiger partial charge in [0.15, 0.2) is 0 Å². The first-order valence-corrected chi connectivity index (χ1v) is 7.58. The van der Waals surface area contributed by atoms with Crippen LogP contribution in [0.5, 0.6) is 0 Å². The molecule has 2 rings (SSSR count). The highest BCUT2D eigenvalue weighted by molar-refractivity contribution is 7.11. The van der Waals surface area contributed by atoms with Crippen molar-refractivity contribution in [3.05, 3.63) is 56.7 Å². The average Bonchev–Trinajstić information content (AvgIpc) is 2.84. The van der Waals surface area contributed by atoms with E-state index in [-0.39, 0.29) is 0 Å². The molecule has 0 saturated heterocycles. The van der Waals surface area contributed by atoms with Crippen LogP contribution in [-0.2, 0) is 24.5 Å². The third-order valence-corrected chi connectivity index (χ3v) is 3.96. The van der Waals surface area contributed by atoms with Crippen LogP contribution in [0.1, 0.15) is 22.2 Å². The minimum atomic E-state index is 0.598. The van der Waals surface area contributed by atoms with Crippen LogP contribution < -0.4 is 5.32 Å². The first-order valence-electron chi connectivity index (χ1n) is 6.38. The van der Waals surface area contributed by atoms with Crippen LogP contribution >= 0.6 is 22.9 Å². The molecule has 102 valence electrons. The molecule has 0 aliphatic rings. The van der Waals surface area contributed by atoms with Crippen molar-refractivity contribution in [2.45, 2.75) is 26.7 Å². The molecule has 2 aromatic rings. The molecule has 0 fully saturated rings. The van der Waals surface area contributed by atoms with Crippen molar-refractivity contribution in [1.29, 1.82) is 0 Å². The molecule has 0 amide bonds. The summed E-state index contributed by atoms with van der Waals surface area (Å²) >= 11 is 7.73. The van der Waals surface area contributed by atoms with E-state index in [9.17, 15) is 0 Å². The van der Waals surface area contributed by atoms with Gasteiger partial charge in [-0.2, -0.15) is 0 Å². The Morgan fingerprint density at radius 2 is 2.00 bits per heavy atom.